The van der Waals surface area contributed by atoms with Gasteiger partial charge in [-0.1, -0.05) is 0 Å². The van der Waals surface area contributed by atoms with Crippen molar-refractivity contribution >= 4 is 22.2 Å². The van der Waals surface area contributed by atoms with Crippen molar-refractivity contribution in [3.63, 3.8) is 0 Å². The Balaban J connectivity index is 1.72. The Morgan fingerprint density at radius 3 is 2.58 bits per heavy atom. The van der Waals surface area contributed by atoms with Crippen LogP contribution >= 0.6 is 11.3 Å². The van der Waals surface area contributed by atoms with E-state index in [-0.39, 0.29) is 5.91 Å². The maximum Gasteiger partial charge on any atom is 0.291 e. The smallest absolute Gasteiger partial charge is 0.291 e. The molecule has 0 aromatic carbocycles. The molecule has 1 aliphatic rings. The molecule has 0 radical (unpaired) electrons. The van der Waals surface area contributed by atoms with Gasteiger partial charge >= 0.3 is 0 Å². The van der Waals surface area contributed by atoms with Gasteiger partial charge in [-0.15, -0.1) is 11.3 Å². The molecule has 0 bridgehead atoms. The van der Waals surface area contributed by atoms with E-state index >= 15 is 0 Å². The van der Waals surface area contributed by atoms with E-state index in [1.807, 2.05) is 0 Å². The largest absolute Gasteiger partial charge is 0.459 e. The van der Waals surface area contributed by atoms with Crippen LogP contribution in [0, 0.1) is 13.8 Å². The number of likely N-dealkylation sites (N-methyl/N-ethyl adjacent to an activating group) is 1. The van der Waals surface area contributed by atoms with Crippen molar-refractivity contribution in [1.29, 1.82) is 0 Å². The fourth-order valence-electron chi connectivity index (χ4n) is 3.30. The molecule has 0 unspecified atom stereocenters. The average molecular weight is 350 g/mol. The number of hydrogen-bond donors (Lipinski definition) is 3. The quantitative estimate of drug-likeness (QED) is 0.737. The molecule has 0 atom stereocenters. The number of hydrogen-bond acceptors (Lipinski definition) is 3. The van der Waals surface area contributed by atoms with Crippen molar-refractivity contribution < 1.29 is 19.0 Å². The third-order valence-electron chi connectivity index (χ3n) is 5.07. The molecule has 3 rings (SSSR count). The van der Waals surface area contributed by atoms with Gasteiger partial charge in [-0.2, -0.15) is 0 Å². The lowest BCUT2D eigenvalue weighted by Gasteiger charge is -2.29. The molecule has 1 fully saturated rings. The second-order valence-electron chi connectivity index (χ2n) is 6.55. The summed E-state index contributed by atoms with van der Waals surface area (Å²) in [6, 6.07) is 3.43. The summed E-state index contributed by atoms with van der Waals surface area (Å²) in [5.74, 6) is 0.190. The summed E-state index contributed by atoms with van der Waals surface area (Å²) in [5, 5.41) is 4.03. The first-order valence-corrected chi connectivity index (χ1v) is 9.51. The zero-order valence-corrected chi connectivity index (χ0v) is 15.5. The van der Waals surface area contributed by atoms with Gasteiger partial charge in [-0.3, -0.25) is 4.79 Å². The first-order chi connectivity index (χ1) is 11.6. The Kier molecular flexibility index (Phi) is 5.38. The normalized spacial score (nSPS) is 21.0. The van der Waals surface area contributed by atoms with E-state index in [1.54, 1.807) is 33.3 Å². The van der Waals surface area contributed by atoms with Crippen LogP contribution < -0.4 is 15.1 Å². The average Bonchev–Trinajstić information content (AvgIpc) is 3.21. The number of carbonyl (C=O) groups excluding carboxylic acids is 1. The van der Waals surface area contributed by atoms with E-state index in [4.69, 9.17) is 4.42 Å². The fraction of sp³-hybridized carbons (Fsp3) is 0.500. The number of rotatable bonds is 5. The Labute approximate surface area is 147 Å². The lowest BCUT2D eigenvalue weighted by Crippen LogP contribution is -3.27. The third kappa shape index (κ3) is 3.71. The topological polar surface area (TPSA) is 51.1 Å². The lowest BCUT2D eigenvalue weighted by atomic mass is 10.1. The molecule has 0 saturated carbocycles. The van der Waals surface area contributed by atoms with Gasteiger partial charge in [0, 0.05) is 10.4 Å². The highest BCUT2D eigenvalue weighted by molar-refractivity contribution is 7.16. The first-order valence-electron chi connectivity index (χ1n) is 8.69. The summed E-state index contributed by atoms with van der Waals surface area (Å²) in [7, 11) is 0. The summed E-state index contributed by atoms with van der Waals surface area (Å²) in [6.07, 6.45) is 1.53. The molecule has 2 aromatic heterocycles. The van der Waals surface area contributed by atoms with Crippen LogP contribution in [-0.2, 0) is 6.54 Å². The molecule has 5 nitrogen and oxygen atoms in total. The Hall–Kier alpha value is -1.63. The minimum absolute atomic E-state index is 0.169. The Morgan fingerprint density at radius 1 is 1.25 bits per heavy atom. The van der Waals surface area contributed by atoms with Crippen molar-refractivity contribution in [3.8, 4) is 0 Å². The van der Waals surface area contributed by atoms with E-state index in [2.05, 4.69) is 26.1 Å². The van der Waals surface area contributed by atoms with Crippen LogP contribution in [0.25, 0.3) is 0 Å². The van der Waals surface area contributed by atoms with Crippen molar-refractivity contribution in [1.82, 2.24) is 0 Å². The number of amides is 1. The molecule has 3 N–H and O–H groups in total. The number of quaternary nitrogens is 2. The zero-order chi connectivity index (χ0) is 17.1. The molecule has 6 heteroatoms. The molecule has 1 amide bonds. The van der Waals surface area contributed by atoms with Crippen LogP contribution in [0.15, 0.2) is 22.8 Å². The fourth-order valence-corrected chi connectivity index (χ4v) is 4.37. The van der Waals surface area contributed by atoms with E-state index in [1.165, 1.54) is 55.0 Å². The first kappa shape index (κ1) is 17.2. The molecule has 0 spiro atoms. The molecular weight excluding hydrogens is 322 g/mol. The highest BCUT2D eigenvalue weighted by atomic mass is 32.1. The minimum atomic E-state index is -0.169. The molecule has 1 aliphatic heterocycles. The van der Waals surface area contributed by atoms with E-state index in [0.717, 1.165) is 11.5 Å². The maximum absolute atomic E-state index is 12.3. The second kappa shape index (κ2) is 7.51. The second-order valence-corrected chi connectivity index (χ2v) is 7.78. The van der Waals surface area contributed by atoms with Crippen LogP contribution in [0.1, 0.15) is 33.5 Å². The molecule has 0 aliphatic carbocycles. The number of thiophene rings is 1. The van der Waals surface area contributed by atoms with Gasteiger partial charge in [0.25, 0.3) is 5.91 Å². The van der Waals surface area contributed by atoms with Gasteiger partial charge in [0.15, 0.2) is 5.76 Å². The van der Waals surface area contributed by atoms with Gasteiger partial charge in [0.2, 0.25) is 0 Å². The summed E-state index contributed by atoms with van der Waals surface area (Å²) in [6.45, 7) is 13.6. The number of aryl methyl sites for hydroxylation is 1. The van der Waals surface area contributed by atoms with E-state index in [9.17, 15) is 4.79 Å². The number of furan rings is 1. The standard InChI is InChI=1S/C18H25N3O2S/c1-4-20-7-9-21(10-8-20)12-15-13(2)14(3)24-18(15)19-17(22)16-6-5-11-23-16/h5-6,11H,4,7-10,12H2,1-3H3,(H,19,22)/p+2. The SMILES string of the molecule is CC[NH+]1CC[NH+](Cc2c(NC(=O)c3ccco3)sc(C)c2C)CC1. The highest BCUT2D eigenvalue weighted by Gasteiger charge is 2.25. The van der Waals surface area contributed by atoms with Crippen molar-refractivity contribution in [2.24, 2.45) is 0 Å². The van der Waals surface area contributed by atoms with Crippen LogP contribution in [0.2, 0.25) is 0 Å². The van der Waals surface area contributed by atoms with Crippen molar-refractivity contribution in [3.05, 3.63) is 40.2 Å². The van der Waals surface area contributed by atoms with Crippen LogP contribution in [0.3, 0.4) is 0 Å². The monoisotopic (exact) mass is 349 g/mol. The van der Waals surface area contributed by atoms with Gasteiger partial charge in [0.1, 0.15) is 37.7 Å². The van der Waals surface area contributed by atoms with E-state index < -0.39 is 0 Å². The summed E-state index contributed by atoms with van der Waals surface area (Å²) >= 11 is 1.67. The predicted octanol–water partition coefficient (Wildman–Crippen LogP) is 0.514. The van der Waals surface area contributed by atoms with Crippen molar-refractivity contribution in [2.45, 2.75) is 27.3 Å². The van der Waals surface area contributed by atoms with Gasteiger partial charge in [-0.05, 0) is 38.5 Å². The minimum Gasteiger partial charge on any atom is -0.459 e. The van der Waals surface area contributed by atoms with Crippen LogP contribution in [0.4, 0.5) is 5.00 Å². The van der Waals surface area contributed by atoms with Gasteiger partial charge in [0.05, 0.1) is 12.8 Å². The highest BCUT2D eigenvalue weighted by Crippen LogP contribution is 2.32. The Bertz CT molecular complexity index is 685. The summed E-state index contributed by atoms with van der Waals surface area (Å²) in [5.41, 5.74) is 2.60. The zero-order valence-electron chi connectivity index (χ0n) is 14.7. The van der Waals surface area contributed by atoms with Crippen LogP contribution in [-0.4, -0.2) is 38.6 Å². The molecule has 130 valence electrons. The molecule has 1 saturated heterocycles. The molecule has 24 heavy (non-hydrogen) atoms. The third-order valence-corrected chi connectivity index (χ3v) is 6.24. The number of anilines is 1. The van der Waals surface area contributed by atoms with Crippen LogP contribution in [0.5, 0.6) is 0 Å². The summed E-state index contributed by atoms with van der Waals surface area (Å²) in [4.78, 5) is 16.9. The van der Waals surface area contributed by atoms with Gasteiger partial charge in [-0.25, -0.2) is 0 Å². The summed E-state index contributed by atoms with van der Waals surface area (Å²) < 4.78 is 5.20. The van der Waals surface area contributed by atoms with E-state index in [0.29, 0.717) is 5.76 Å². The number of nitrogens with one attached hydrogen (secondary N) is 3. The predicted molar refractivity (Wildman–Crippen MR) is 96.1 cm³/mol. The molecular formula is C18H27N3O2S+2. The van der Waals surface area contributed by atoms with Crippen molar-refractivity contribution in [2.75, 3.05) is 38.0 Å². The molecule has 2 aromatic rings. The lowest BCUT2D eigenvalue weighted by molar-refractivity contribution is -1.02. The van der Waals surface area contributed by atoms with Gasteiger partial charge < -0.3 is 19.5 Å². The molecule has 3 heterocycles. The number of carbonyl (C=O) groups is 1. The maximum atomic E-state index is 12.3. The Morgan fingerprint density at radius 2 is 1.96 bits per heavy atom. The number of piperazine rings is 1.